The molecule has 14 heavy (non-hydrogen) atoms. The van der Waals surface area contributed by atoms with Crippen LogP contribution >= 0.6 is 0 Å². The second kappa shape index (κ2) is 4.96. The van der Waals surface area contributed by atoms with E-state index in [0.717, 1.165) is 6.42 Å². The van der Waals surface area contributed by atoms with Crippen molar-refractivity contribution in [2.45, 2.75) is 25.9 Å². The molecule has 0 aromatic heterocycles. The molecule has 0 aliphatic carbocycles. The highest BCUT2D eigenvalue weighted by molar-refractivity contribution is 5.36. The maximum Gasteiger partial charge on any atom is 0.132 e. The molecule has 0 radical (unpaired) electrons. The SMILES string of the molecule is CCC[C@H](O)c1c(F)cccc1OC. The van der Waals surface area contributed by atoms with E-state index in [1.54, 1.807) is 12.1 Å². The highest BCUT2D eigenvalue weighted by atomic mass is 19.1. The summed E-state index contributed by atoms with van der Waals surface area (Å²) in [5.41, 5.74) is 0.261. The van der Waals surface area contributed by atoms with Crippen LogP contribution in [0, 0.1) is 5.82 Å². The van der Waals surface area contributed by atoms with Gasteiger partial charge in [-0.25, -0.2) is 4.39 Å². The number of benzene rings is 1. The van der Waals surface area contributed by atoms with Crippen LogP contribution in [0.3, 0.4) is 0 Å². The topological polar surface area (TPSA) is 29.5 Å². The third-order valence-electron chi connectivity index (χ3n) is 2.13. The minimum atomic E-state index is -0.781. The van der Waals surface area contributed by atoms with Gasteiger partial charge in [0.05, 0.1) is 18.8 Å². The van der Waals surface area contributed by atoms with Gasteiger partial charge in [-0.15, -0.1) is 0 Å². The number of aliphatic hydroxyl groups excluding tert-OH is 1. The van der Waals surface area contributed by atoms with Gasteiger partial charge in [0.25, 0.3) is 0 Å². The second-order valence-corrected chi connectivity index (χ2v) is 3.16. The summed E-state index contributed by atoms with van der Waals surface area (Å²) in [7, 11) is 1.47. The van der Waals surface area contributed by atoms with E-state index in [-0.39, 0.29) is 5.56 Å². The lowest BCUT2D eigenvalue weighted by molar-refractivity contribution is 0.157. The summed E-state index contributed by atoms with van der Waals surface area (Å²) in [5, 5.41) is 9.69. The van der Waals surface area contributed by atoms with Gasteiger partial charge in [0, 0.05) is 0 Å². The van der Waals surface area contributed by atoms with E-state index in [1.165, 1.54) is 13.2 Å². The molecule has 0 saturated heterocycles. The Morgan fingerprint density at radius 1 is 1.50 bits per heavy atom. The van der Waals surface area contributed by atoms with Crippen LogP contribution < -0.4 is 4.74 Å². The Bertz CT molecular complexity index is 299. The summed E-state index contributed by atoms with van der Waals surface area (Å²) in [5.74, 6) is -0.00347. The summed E-state index contributed by atoms with van der Waals surface area (Å²) in [6, 6.07) is 4.55. The van der Waals surface area contributed by atoms with Crippen LogP contribution in [0.5, 0.6) is 5.75 Å². The number of halogens is 1. The molecule has 2 nitrogen and oxygen atoms in total. The largest absolute Gasteiger partial charge is 0.496 e. The first-order chi connectivity index (χ1) is 6.70. The minimum absolute atomic E-state index is 0.261. The maximum atomic E-state index is 13.4. The molecule has 0 fully saturated rings. The summed E-state index contributed by atoms with van der Waals surface area (Å²) in [4.78, 5) is 0. The van der Waals surface area contributed by atoms with Gasteiger partial charge < -0.3 is 9.84 Å². The average Bonchev–Trinajstić information content (AvgIpc) is 2.17. The van der Waals surface area contributed by atoms with Crippen LogP contribution in [0.2, 0.25) is 0 Å². The molecule has 1 aromatic rings. The lowest BCUT2D eigenvalue weighted by Gasteiger charge is -2.14. The van der Waals surface area contributed by atoms with Crippen molar-refractivity contribution in [3.8, 4) is 5.75 Å². The van der Waals surface area contributed by atoms with E-state index in [1.807, 2.05) is 6.92 Å². The number of ether oxygens (including phenoxy) is 1. The zero-order chi connectivity index (χ0) is 10.6. The minimum Gasteiger partial charge on any atom is -0.496 e. The zero-order valence-corrected chi connectivity index (χ0v) is 8.46. The van der Waals surface area contributed by atoms with Crippen molar-refractivity contribution in [2.75, 3.05) is 7.11 Å². The number of methoxy groups -OCH3 is 1. The first-order valence-corrected chi connectivity index (χ1v) is 4.71. The smallest absolute Gasteiger partial charge is 0.132 e. The predicted molar refractivity (Wildman–Crippen MR) is 52.8 cm³/mol. The highest BCUT2D eigenvalue weighted by Crippen LogP contribution is 2.30. The van der Waals surface area contributed by atoms with Crippen LogP contribution in [0.4, 0.5) is 4.39 Å². The Morgan fingerprint density at radius 3 is 2.79 bits per heavy atom. The number of hydrogen-bond donors (Lipinski definition) is 1. The normalized spacial score (nSPS) is 12.6. The molecule has 0 aliphatic heterocycles. The fourth-order valence-electron chi connectivity index (χ4n) is 1.44. The standard InChI is InChI=1S/C11H15FO2/c1-3-5-9(13)11-8(12)6-4-7-10(11)14-2/h4,6-7,9,13H,3,5H2,1-2H3/t9-/m0/s1. The van der Waals surface area contributed by atoms with Gasteiger partial charge in [0.1, 0.15) is 11.6 Å². The van der Waals surface area contributed by atoms with Crippen molar-refractivity contribution in [3.05, 3.63) is 29.6 Å². The first-order valence-electron chi connectivity index (χ1n) is 4.71. The third kappa shape index (κ3) is 2.23. The van der Waals surface area contributed by atoms with E-state index >= 15 is 0 Å². The molecule has 3 heteroatoms. The van der Waals surface area contributed by atoms with E-state index in [4.69, 9.17) is 4.74 Å². The molecule has 0 bridgehead atoms. The van der Waals surface area contributed by atoms with Gasteiger partial charge in [-0.2, -0.15) is 0 Å². The zero-order valence-electron chi connectivity index (χ0n) is 8.46. The second-order valence-electron chi connectivity index (χ2n) is 3.16. The predicted octanol–water partition coefficient (Wildman–Crippen LogP) is 2.67. The van der Waals surface area contributed by atoms with Crippen molar-refractivity contribution in [1.29, 1.82) is 0 Å². The Labute approximate surface area is 83.3 Å². The molecular formula is C11H15FO2. The summed E-state index contributed by atoms with van der Waals surface area (Å²) >= 11 is 0. The van der Waals surface area contributed by atoms with E-state index < -0.39 is 11.9 Å². The highest BCUT2D eigenvalue weighted by Gasteiger charge is 2.16. The molecule has 0 amide bonds. The van der Waals surface area contributed by atoms with Crippen molar-refractivity contribution in [2.24, 2.45) is 0 Å². The number of aliphatic hydroxyl groups is 1. The van der Waals surface area contributed by atoms with Crippen molar-refractivity contribution >= 4 is 0 Å². The van der Waals surface area contributed by atoms with Gasteiger partial charge in [0.15, 0.2) is 0 Å². The van der Waals surface area contributed by atoms with Gasteiger partial charge in [-0.1, -0.05) is 19.4 Å². The fraction of sp³-hybridized carbons (Fsp3) is 0.455. The Kier molecular flexibility index (Phi) is 3.89. The van der Waals surface area contributed by atoms with Gasteiger partial charge in [0.2, 0.25) is 0 Å². The van der Waals surface area contributed by atoms with Crippen LogP contribution in [0.25, 0.3) is 0 Å². The molecular weight excluding hydrogens is 183 g/mol. The monoisotopic (exact) mass is 198 g/mol. The number of rotatable bonds is 4. The Balaban J connectivity index is 3.03. The summed E-state index contributed by atoms with van der Waals surface area (Å²) in [6.45, 7) is 1.94. The van der Waals surface area contributed by atoms with Crippen LogP contribution in [0.15, 0.2) is 18.2 Å². The Hall–Kier alpha value is -1.09. The van der Waals surface area contributed by atoms with E-state index in [9.17, 15) is 9.50 Å². The molecule has 1 rings (SSSR count). The molecule has 0 unspecified atom stereocenters. The maximum absolute atomic E-state index is 13.4. The Morgan fingerprint density at radius 2 is 2.21 bits per heavy atom. The molecule has 1 atom stereocenters. The molecule has 0 heterocycles. The molecule has 1 N–H and O–H groups in total. The van der Waals surface area contributed by atoms with Gasteiger partial charge in [-0.3, -0.25) is 0 Å². The molecule has 0 spiro atoms. The molecule has 1 aromatic carbocycles. The number of hydrogen-bond acceptors (Lipinski definition) is 2. The quantitative estimate of drug-likeness (QED) is 0.806. The van der Waals surface area contributed by atoms with Crippen molar-refractivity contribution < 1.29 is 14.2 Å². The molecule has 0 aliphatic rings. The summed E-state index contributed by atoms with van der Waals surface area (Å²) in [6.07, 6.45) is 0.562. The summed E-state index contributed by atoms with van der Waals surface area (Å²) < 4.78 is 18.4. The van der Waals surface area contributed by atoms with Crippen molar-refractivity contribution in [1.82, 2.24) is 0 Å². The van der Waals surface area contributed by atoms with Crippen LogP contribution in [0.1, 0.15) is 31.4 Å². The fourth-order valence-corrected chi connectivity index (χ4v) is 1.44. The average molecular weight is 198 g/mol. The van der Waals surface area contributed by atoms with Gasteiger partial charge >= 0.3 is 0 Å². The van der Waals surface area contributed by atoms with Crippen LogP contribution in [-0.4, -0.2) is 12.2 Å². The molecule has 78 valence electrons. The lowest BCUT2D eigenvalue weighted by atomic mass is 10.0. The van der Waals surface area contributed by atoms with E-state index in [0.29, 0.717) is 12.2 Å². The first kappa shape index (κ1) is 11.0. The van der Waals surface area contributed by atoms with E-state index in [2.05, 4.69) is 0 Å². The third-order valence-corrected chi connectivity index (χ3v) is 2.13. The van der Waals surface area contributed by atoms with Crippen LogP contribution in [-0.2, 0) is 0 Å². The molecule has 0 saturated carbocycles. The lowest BCUT2D eigenvalue weighted by Crippen LogP contribution is -2.03. The van der Waals surface area contributed by atoms with Crippen molar-refractivity contribution in [3.63, 3.8) is 0 Å². The van der Waals surface area contributed by atoms with Gasteiger partial charge in [-0.05, 0) is 18.6 Å².